The first-order chi connectivity index (χ1) is 11.0. The Balaban J connectivity index is 0.00000156. The van der Waals surface area contributed by atoms with Crippen molar-refractivity contribution in [3.8, 4) is 0 Å². The lowest BCUT2D eigenvalue weighted by atomic mass is 9.82. The van der Waals surface area contributed by atoms with Gasteiger partial charge in [-0.15, -0.1) is 24.8 Å². The third kappa shape index (κ3) is 4.63. The quantitative estimate of drug-likeness (QED) is 0.842. The number of halogens is 3. The zero-order valence-corrected chi connectivity index (χ0v) is 15.9. The van der Waals surface area contributed by atoms with Crippen LogP contribution in [0.4, 0.5) is 4.39 Å². The fraction of sp³-hybridized carbons (Fsp3) is 0.529. The number of imidazole rings is 1. The molecule has 1 aliphatic carbocycles. The number of hydrogen-bond acceptors (Lipinski definition) is 3. The van der Waals surface area contributed by atoms with Gasteiger partial charge in [0.25, 0.3) is 0 Å². The molecule has 3 rings (SSSR count). The fourth-order valence-electron chi connectivity index (χ4n) is 3.32. The topological polar surface area (TPSA) is 72.9 Å². The van der Waals surface area contributed by atoms with Crippen LogP contribution in [0.2, 0.25) is 0 Å². The van der Waals surface area contributed by atoms with Gasteiger partial charge in [0.1, 0.15) is 11.6 Å². The molecule has 0 spiro atoms. The molecular weight excluding hydrogens is 366 g/mol. The minimum atomic E-state index is -0.715. The van der Waals surface area contributed by atoms with Crippen molar-refractivity contribution in [3.63, 3.8) is 0 Å². The second kappa shape index (κ2) is 8.83. The van der Waals surface area contributed by atoms with Gasteiger partial charge in [0.15, 0.2) is 0 Å². The smallest absolute Gasteiger partial charge is 0.240 e. The summed E-state index contributed by atoms with van der Waals surface area (Å²) in [4.78, 5) is 16.7. The van der Waals surface area contributed by atoms with E-state index < -0.39 is 5.54 Å². The van der Waals surface area contributed by atoms with Gasteiger partial charge in [0.05, 0.1) is 16.6 Å². The average molecular weight is 391 g/mol. The fourth-order valence-corrected chi connectivity index (χ4v) is 3.32. The number of nitrogens with two attached hydrogens (primary N) is 1. The molecule has 0 atom stereocenters. The molecule has 1 aromatic heterocycles. The molecule has 0 aliphatic heterocycles. The monoisotopic (exact) mass is 390 g/mol. The van der Waals surface area contributed by atoms with Crippen molar-refractivity contribution in [1.29, 1.82) is 0 Å². The lowest BCUT2D eigenvalue weighted by Gasteiger charge is -2.31. The van der Waals surface area contributed by atoms with Crippen molar-refractivity contribution in [1.82, 2.24) is 14.9 Å². The molecule has 8 heteroatoms. The Kier molecular flexibility index (Phi) is 7.65. The number of aromatic nitrogens is 2. The molecular formula is C17H25Cl2FN4O. The number of carbonyl (C=O) groups is 1. The maximum absolute atomic E-state index is 13.3. The highest BCUT2D eigenvalue weighted by Crippen LogP contribution is 2.26. The summed E-state index contributed by atoms with van der Waals surface area (Å²) in [5.41, 5.74) is 7.02. The Labute approximate surface area is 159 Å². The van der Waals surface area contributed by atoms with E-state index in [9.17, 15) is 9.18 Å². The normalized spacial score (nSPS) is 16.0. The second-order valence-corrected chi connectivity index (χ2v) is 6.44. The number of nitrogens with zero attached hydrogens (tertiary/aromatic N) is 2. The largest absolute Gasteiger partial charge is 0.354 e. The molecule has 1 aromatic carbocycles. The molecule has 140 valence electrons. The first-order valence-electron chi connectivity index (χ1n) is 8.18. The summed E-state index contributed by atoms with van der Waals surface area (Å²) < 4.78 is 15.2. The summed E-state index contributed by atoms with van der Waals surface area (Å²) in [5.74, 6) is 0.459. The maximum Gasteiger partial charge on any atom is 0.240 e. The molecule has 25 heavy (non-hydrogen) atoms. The summed E-state index contributed by atoms with van der Waals surface area (Å²) in [5, 5.41) is 2.93. The van der Waals surface area contributed by atoms with Crippen LogP contribution in [0.25, 0.3) is 11.0 Å². The molecule has 1 heterocycles. The van der Waals surface area contributed by atoms with Crippen molar-refractivity contribution in [3.05, 3.63) is 29.8 Å². The lowest BCUT2D eigenvalue weighted by molar-refractivity contribution is -0.127. The highest BCUT2D eigenvalue weighted by molar-refractivity contribution is 5.86. The van der Waals surface area contributed by atoms with E-state index in [1.54, 1.807) is 6.07 Å². The van der Waals surface area contributed by atoms with Crippen LogP contribution < -0.4 is 11.1 Å². The van der Waals surface area contributed by atoms with Crippen LogP contribution in [-0.4, -0.2) is 27.5 Å². The molecule has 5 nitrogen and oxygen atoms in total. The van der Waals surface area contributed by atoms with Crippen molar-refractivity contribution in [2.24, 2.45) is 12.8 Å². The molecule has 0 saturated heterocycles. The van der Waals surface area contributed by atoms with E-state index in [-0.39, 0.29) is 36.5 Å². The van der Waals surface area contributed by atoms with Gasteiger partial charge in [-0.25, -0.2) is 9.37 Å². The zero-order valence-electron chi connectivity index (χ0n) is 14.3. The van der Waals surface area contributed by atoms with Crippen LogP contribution in [0.1, 0.15) is 37.9 Å². The third-order valence-corrected chi connectivity index (χ3v) is 4.77. The molecule has 1 saturated carbocycles. The third-order valence-electron chi connectivity index (χ3n) is 4.77. The number of fused-ring (bicyclic) bond motifs is 1. The van der Waals surface area contributed by atoms with Crippen LogP contribution >= 0.6 is 24.8 Å². The highest BCUT2D eigenvalue weighted by Gasteiger charge is 2.34. The van der Waals surface area contributed by atoms with Gasteiger partial charge in [0.2, 0.25) is 5.91 Å². The van der Waals surface area contributed by atoms with Gasteiger partial charge in [-0.1, -0.05) is 19.3 Å². The molecule has 1 aliphatic rings. The molecule has 0 radical (unpaired) electrons. The molecule has 1 amide bonds. The summed E-state index contributed by atoms with van der Waals surface area (Å²) in [6, 6.07) is 4.57. The number of aryl methyl sites for hydroxylation is 1. The number of hydrogen-bond donors (Lipinski definition) is 2. The van der Waals surface area contributed by atoms with Crippen LogP contribution in [0, 0.1) is 5.82 Å². The van der Waals surface area contributed by atoms with Crippen LogP contribution in [0.15, 0.2) is 18.2 Å². The zero-order chi connectivity index (χ0) is 16.4. The first-order valence-corrected chi connectivity index (χ1v) is 8.18. The molecule has 0 bridgehead atoms. The number of amides is 1. The Morgan fingerprint density at radius 2 is 2.00 bits per heavy atom. The lowest BCUT2D eigenvalue weighted by Crippen LogP contribution is -2.55. The Morgan fingerprint density at radius 3 is 2.68 bits per heavy atom. The predicted octanol–water partition coefficient (Wildman–Crippen LogP) is 2.88. The number of nitrogens with one attached hydrogen (secondary N) is 1. The van der Waals surface area contributed by atoms with E-state index in [0.29, 0.717) is 18.5 Å². The number of benzene rings is 1. The summed E-state index contributed by atoms with van der Waals surface area (Å²) in [6.07, 6.45) is 5.28. The molecule has 1 fully saturated rings. The summed E-state index contributed by atoms with van der Waals surface area (Å²) >= 11 is 0. The Hall–Kier alpha value is -1.37. The Morgan fingerprint density at radius 1 is 1.32 bits per heavy atom. The molecule has 2 aromatic rings. The standard InChI is InChI=1S/C17H23FN4O.2ClH/c1-22-14-6-5-12(18)11-13(14)21-15(22)7-10-20-16(23)17(19)8-3-2-4-9-17;;/h5-6,11H,2-4,7-10,19H2,1H3,(H,20,23);2*1H. The van der Waals surface area contributed by atoms with E-state index in [4.69, 9.17) is 5.73 Å². The minimum absolute atomic E-state index is 0. The minimum Gasteiger partial charge on any atom is -0.354 e. The number of rotatable bonds is 4. The SMILES string of the molecule is Cl.Cl.Cn1c(CCNC(=O)C2(N)CCCCC2)nc2cc(F)ccc21. The van der Waals surface area contributed by atoms with Crippen LogP contribution in [-0.2, 0) is 18.3 Å². The second-order valence-electron chi connectivity index (χ2n) is 6.44. The summed E-state index contributed by atoms with van der Waals surface area (Å²) in [6.45, 7) is 0.484. The van der Waals surface area contributed by atoms with Gasteiger partial charge >= 0.3 is 0 Å². The first kappa shape index (κ1) is 21.7. The van der Waals surface area contributed by atoms with E-state index in [0.717, 1.165) is 43.4 Å². The number of carbonyl (C=O) groups excluding carboxylic acids is 1. The van der Waals surface area contributed by atoms with Crippen molar-refractivity contribution in [2.45, 2.75) is 44.1 Å². The van der Waals surface area contributed by atoms with Crippen LogP contribution in [0.3, 0.4) is 0 Å². The van der Waals surface area contributed by atoms with Gasteiger partial charge in [-0.3, -0.25) is 4.79 Å². The van der Waals surface area contributed by atoms with E-state index in [1.807, 2.05) is 11.6 Å². The highest BCUT2D eigenvalue weighted by atomic mass is 35.5. The summed E-state index contributed by atoms with van der Waals surface area (Å²) in [7, 11) is 1.90. The van der Waals surface area contributed by atoms with E-state index in [1.165, 1.54) is 12.1 Å². The van der Waals surface area contributed by atoms with Gasteiger partial charge in [-0.2, -0.15) is 0 Å². The van der Waals surface area contributed by atoms with Crippen LogP contribution in [0.5, 0.6) is 0 Å². The molecule has 3 N–H and O–H groups in total. The van der Waals surface area contributed by atoms with E-state index in [2.05, 4.69) is 10.3 Å². The van der Waals surface area contributed by atoms with Crippen molar-refractivity contribution >= 4 is 41.8 Å². The predicted molar refractivity (Wildman–Crippen MR) is 102 cm³/mol. The van der Waals surface area contributed by atoms with Gasteiger partial charge < -0.3 is 15.6 Å². The van der Waals surface area contributed by atoms with Gasteiger partial charge in [0, 0.05) is 26.1 Å². The van der Waals surface area contributed by atoms with E-state index >= 15 is 0 Å². The maximum atomic E-state index is 13.3. The Bertz CT molecular complexity index is 729. The van der Waals surface area contributed by atoms with Crippen molar-refractivity contribution < 1.29 is 9.18 Å². The van der Waals surface area contributed by atoms with Crippen molar-refractivity contribution in [2.75, 3.05) is 6.54 Å². The average Bonchev–Trinajstić information content (AvgIpc) is 2.83. The van der Waals surface area contributed by atoms with Gasteiger partial charge in [-0.05, 0) is 25.0 Å². The molecule has 0 unspecified atom stereocenters.